The molecule has 0 aliphatic heterocycles. The maximum Gasteiger partial charge on any atom is 0.0485 e. The van der Waals surface area contributed by atoms with Crippen LogP contribution in [0.1, 0.15) is 31.0 Å². The summed E-state index contributed by atoms with van der Waals surface area (Å²) in [6.45, 7) is 6.07. The first-order chi connectivity index (χ1) is 9.10. The van der Waals surface area contributed by atoms with Gasteiger partial charge in [0.2, 0.25) is 0 Å². The van der Waals surface area contributed by atoms with E-state index in [-0.39, 0.29) is 0 Å². The van der Waals surface area contributed by atoms with Crippen LogP contribution in [0.5, 0.6) is 0 Å². The maximum atomic E-state index is 6.24. The Balaban J connectivity index is 2.11. The molecule has 0 saturated carbocycles. The third-order valence-corrected chi connectivity index (χ3v) is 4.00. The van der Waals surface area contributed by atoms with Crippen molar-refractivity contribution in [1.82, 2.24) is 9.88 Å². The monoisotopic (exact) mass is 340 g/mol. The van der Waals surface area contributed by atoms with E-state index >= 15 is 0 Å². The van der Waals surface area contributed by atoms with E-state index in [4.69, 9.17) is 11.6 Å². The van der Waals surface area contributed by atoms with Gasteiger partial charge in [-0.05, 0) is 42.8 Å². The number of benzene rings is 1. The second-order valence-electron chi connectivity index (χ2n) is 4.63. The molecule has 2 aromatic rings. The van der Waals surface area contributed by atoms with Crippen LogP contribution < -0.4 is 5.32 Å². The van der Waals surface area contributed by atoms with Crippen molar-refractivity contribution in [2.24, 2.45) is 0 Å². The van der Waals surface area contributed by atoms with E-state index in [1.807, 2.05) is 12.1 Å². The maximum absolute atomic E-state index is 6.24. The van der Waals surface area contributed by atoms with E-state index in [1.54, 1.807) is 0 Å². The second kappa shape index (κ2) is 6.60. The highest BCUT2D eigenvalue weighted by molar-refractivity contribution is 9.10. The van der Waals surface area contributed by atoms with E-state index < -0.39 is 0 Å². The second-order valence-corrected chi connectivity index (χ2v) is 5.96. The van der Waals surface area contributed by atoms with Crippen molar-refractivity contribution in [3.63, 3.8) is 0 Å². The summed E-state index contributed by atoms with van der Waals surface area (Å²) in [6.07, 6.45) is 4.27. The van der Waals surface area contributed by atoms with Crippen LogP contribution in [-0.4, -0.2) is 11.1 Å². The third kappa shape index (κ3) is 3.85. The molecule has 1 atom stereocenters. The Bertz CT molecular complexity index is 551. The van der Waals surface area contributed by atoms with Gasteiger partial charge < -0.3 is 9.88 Å². The standard InChI is InChI=1S/C15H18BrClN2/c1-3-18-11(2)12-6-7-19(9-12)10-13-4-5-14(16)8-15(13)17/h4-9,11,18H,3,10H2,1-2H3. The Hall–Kier alpha value is -0.770. The van der Waals surface area contributed by atoms with Crippen molar-refractivity contribution >= 4 is 27.5 Å². The zero-order valence-corrected chi connectivity index (χ0v) is 13.5. The summed E-state index contributed by atoms with van der Waals surface area (Å²) >= 11 is 9.67. The lowest BCUT2D eigenvalue weighted by molar-refractivity contribution is 0.596. The Kier molecular flexibility index (Phi) is 5.08. The number of hydrogen-bond acceptors (Lipinski definition) is 1. The fourth-order valence-electron chi connectivity index (χ4n) is 2.08. The zero-order chi connectivity index (χ0) is 13.8. The summed E-state index contributed by atoms with van der Waals surface area (Å²) in [5.74, 6) is 0. The molecule has 1 aromatic carbocycles. The van der Waals surface area contributed by atoms with Crippen molar-refractivity contribution in [2.45, 2.75) is 26.4 Å². The van der Waals surface area contributed by atoms with Gasteiger partial charge in [0.05, 0.1) is 0 Å². The molecule has 0 radical (unpaired) electrons. The highest BCUT2D eigenvalue weighted by atomic mass is 79.9. The van der Waals surface area contributed by atoms with Crippen LogP contribution in [0.3, 0.4) is 0 Å². The van der Waals surface area contributed by atoms with Gasteiger partial charge in [-0.15, -0.1) is 0 Å². The molecule has 0 spiro atoms. The average molecular weight is 342 g/mol. The van der Waals surface area contributed by atoms with Gasteiger partial charge in [0.1, 0.15) is 0 Å². The Morgan fingerprint density at radius 3 is 2.84 bits per heavy atom. The molecule has 0 amide bonds. The van der Waals surface area contributed by atoms with Crippen LogP contribution in [0.15, 0.2) is 41.1 Å². The average Bonchev–Trinajstić information content (AvgIpc) is 2.82. The molecular formula is C15H18BrClN2. The van der Waals surface area contributed by atoms with E-state index in [2.05, 4.69) is 64.2 Å². The van der Waals surface area contributed by atoms with Crippen LogP contribution in [0.25, 0.3) is 0 Å². The number of aromatic nitrogens is 1. The fraction of sp³-hybridized carbons (Fsp3) is 0.333. The Labute approximate surface area is 127 Å². The van der Waals surface area contributed by atoms with Crippen molar-refractivity contribution in [1.29, 1.82) is 0 Å². The van der Waals surface area contributed by atoms with Crippen LogP contribution in [-0.2, 0) is 6.54 Å². The molecule has 1 unspecified atom stereocenters. The molecule has 0 fully saturated rings. The molecule has 4 heteroatoms. The number of nitrogens with zero attached hydrogens (tertiary/aromatic N) is 1. The topological polar surface area (TPSA) is 17.0 Å². The number of hydrogen-bond donors (Lipinski definition) is 1. The molecule has 1 aromatic heterocycles. The molecule has 2 rings (SSSR count). The van der Waals surface area contributed by atoms with Gasteiger partial charge in [-0.25, -0.2) is 0 Å². The molecule has 1 N–H and O–H groups in total. The quantitative estimate of drug-likeness (QED) is 0.839. The smallest absolute Gasteiger partial charge is 0.0485 e. The summed E-state index contributed by atoms with van der Waals surface area (Å²) in [7, 11) is 0. The van der Waals surface area contributed by atoms with Crippen molar-refractivity contribution in [3.05, 3.63) is 57.3 Å². The van der Waals surface area contributed by atoms with E-state index in [0.29, 0.717) is 6.04 Å². The Morgan fingerprint density at radius 2 is 2.16 bits per heavy atom. The first-order valence-electron chi connectivity index (χ1n) is 6.43. The van der Waals surface area contributed by atoms with E-state index in [0.717, 1.165) is 28.1 Å². The highest BCUT2D eigenvalue weighted by Crippen LogP contribution is 2.23. The van der Waals surface area contributed by atoms with Crippen LogP contribution in [0, 0.1) is 0 Å². The van der Waals surface area contributed by atoms with Gasteiger partial charge in [0.15, 0.2) is 0 Å². The minimum Gasteiger partial charge on any atom is -0.350 e. The normalized spacial score (nSPS) is 12.6. The summed E-state index contributed by atoms with van der Waals surface area (Å²) < 4.78 is 3.17. The summed E-state index contributed by atoms with van der Waals surface area (Å²) in [4.78, 5) is 0. The molecule has 1 heterocycles. The zero-order valence-electron chi connectivity index (χ0n) is 11.2. The molecular weight excluding hydrogens is 324 g/mol. The third-order valence-electron chi connectivity index (χ3n) is 3.15. The van der Waals surface area contributed by atoms with Gasteiger partial charge in [-0.2, -0.15) is 0 Å². The largest absolute Gasteiger partial charge is 0.350 e. The van der Waals surface area contributed by atoms with Crippen LogP contribution in [0.2, 0.25) is 5.02 Å². The van der Waals surface area contributed by atoms with Gasteiger partial charge in [-0.3, -0.25) is 0 Å². The van der Waals surface area contributed by atoms with Gasteiger partial charge in [0, 0.05) is 34.5 Å². The predicted octanol–water partition coefficient (Wildman–Crippen LogP) is 4.62. The molecule has 19 heavy (non-hydrogen) atoms. The highest BCUT2D eigenvalue weighted by Gasteiger charge is 2.07. The SMILES string of the molecule is CCNC(C)c1ccn(Cc2ccc(Br)cc2Cl)c1. The molecule has 0 aliphatic carbocycles. The van der Waals surface area contributed by atoms with Crippen molar-refractivity contribution < 1.29 is 0 Å². The van der Waals surface area contributed by atoms with E-state index in [9.17, 15) is 0 Å². The first-order valence-corrected chi connectivity index (χ1v) is 7.60. The summed E-state index contributed by atoms with van der Waals surface area (Å²) in [5.41, 5.74) is 2.43. The van der Waals surface area contributed by atoms with Crippen molar-refractivity contribution in [2.75, 3.05) is 6.54 Å². The minimum absolute atomic E-state index is 0.381. The van der Waals surface area contributed by atoms with Crippen LogP contribution >= 0.6 is 27.5 Å². The number of halogens is 2. The van der Waals surface area contributed by atoms with Gasteiger partial charge >= 0.3 is 0 Å². The predicted molar refractivity (Wildman–Crippen MR) is 84.8 cm³/mol. The number of rotatable bonds is 5. The molecule has 102 valence electrons. The fourth-order valence-corrected chi connectivity index (χ4v) is 2.82. The number of nitrogens with one attached hydrogen (secondary N) is 1. The molecule has 2 nitrogen and oxygen atoms in total. The first kappa shape index (κ1) is 14.6. The lowest BCUT2D eigenvalue weighted by Crippen LogP contribution is -2.17. The van der Waals surface area contributed by atoms with Crippen molar-refractivity contribution in [3.8, 4) is 0 Å². The lowest BCUT2D eigenvalue weighted by atomic mass is 10.2. The summed E-state index contributed by atoms with van der Waals surface area (Å²) in [5, 5.41) is 4.21. The van der Waals surface area contributed by atoms with Gasteiger partial charge in [0.25, 0.3) is 0 Å². The molecule has 0 aliphatic rings. The molecule has 0 saturated heterocycles. The summed E-state index contributed by atoms with van der Waals surface area (Å²) in [6, 6.07) is 8.54. The molecule has 0 bridgehead atoms. The lowest BCUT2D eigenvalue weighted by Gasteiger charge is -2.10. The van der Waals surface area contributed by atoms with Crippen LogP contribution in [0.4, 0.5) is 0 Å². The minimum atomic E-state index is 0.381. The van der Waals surface area contributed by atoms with Gasteiger partial charge in [-0.1, -0.05) is 40.5 Å². The van der Waals surface area contributed by atoms with E-state index in [1.165, 1.54) is 5.56 Å². The Morgan fingerprint density at radius 1 is 1.37 bits per heavy atom.